The second kappa shape index (κ2) is 10.6. The number of aromatic nitrogens is 5. The van der Waals surface area contributed by atoms with Gasteiger partial charge in [0.15, 0.2) is 5.13 Å². The Balaban J connectivity index is 1.28. The molecule has 0 unspecified atom stereocenters. The molecule has 2 aromatic carbocycles. The number of carbonyl (C=O) groups excluding carboxylic acids is 2. The van der Waals surface area contributed by atoms with E-state index >= 15 is 0 Å². The van der Waals surface area contributed by atoms with Gasteiger partial charge in [0, 0.05) is 40.8 Å². The van der Waals surface area contributed by atoms with Crippen LogP contribution in [0.1, 0.15) is 20.8 Å². The minimum Gasteiger partial charge on any atom is -0.325 e. The zero-order chi connectivity index (χ0) is 23.2. The molecular weight excluding hydrogens is 482 g/mol. The first-order chi connectivity index (χ1) is 16.0. The molecule has 9 nitrogen and oxygen atoms in total. The molecule has 2 heterocycles. The zero-order valence-corrected chi connectivity index (χ0v) is 19.7. The molecular formula is C21H18ClN7O2S2. The van der Waals surface area contributed by atoms with E-state index in [0.717, 1.165) is 10.4 Å². The number of tetrazole rings is 1. The van der Waals surface area contributed by atoms with Crippen LogP contribution in [0.5, 0.6) is 0 Å². The average Bonchev–Trinajstić information content (AvgIpc) is 3.42. The van der Waals surface area contributed by atoms with Gasteiger partial charge in [0.2, 0.25) is 11.1 Å². The predicted molar refractivity (Wildman–Crippen MR) is 129 cm³/mol. The molecule has 168 valence electrons. The molecule has 4 rings (SSSR count). The number of hydrogen-bond acceptors (Lipinski definition) is 8. The Hall–Kier alpha value is -3.28. The van der Waals surface area contributed by atoms with Gasteiger partial charge in [-0.3, -0.25) is 14.9 Å². The Morgan fingerprint density at radius 1 is 1.09 bits per heavy atom. The molecule has 0 spiro atoms. The van der Waals surface area contributed by atoms with Crippen molar-refractivity contribution in [2.75, 3.05) is 16.4 Å². The largest absolute Gasteiger partial charge is 0.325 e. The van der Waals surface area contributed by atoms with E-state index in [1.807, 2.05) is 24.3 Å². The molecule has 0 fully saturated rings. The van der Waals surface area contributed by atoms with Crippen LogP contribution in [0.4, 0.5) is 10.8 Å². The third-order valence-electron chi connectivity index (χ3n) is 4.41. The van der Waals surface area contributed by atoms with Crippen molar-refractivity contribution in [2.45, 2.75) is 11.6 Å². The Kier molecular flexibility index (Phi) is 7.33. The number of anilines is 2. The predicted octanol–water partition coefficient (Wildman–Crippen LogP) is 3.89. The maximum Gasteiger partial charge on any atom is 0.257 e. The summed E-state index contributed by atoms with van der Waals surface area (Å²) < 4.78 is 1.49. The molecule has 0 aliphatic rings. The van der Waals surface area contributed by atoms with Crippen LogP contribution in [-0.2, 0) is 18.3 Å². The SMILES string of the molecule is Cn1nnnc1SCC(=O)Nc1ccc(C(=O)Nc2ncc(Cc3ccc(Cl)cc3)s2)cc1. The molecule has 0 aliphatic heterocycles. The van der Waals surface area contributed by atoms with E-state index in [9.17, 15) is 9.59 Å². The lowest BCUT2D eigenvalue weighted by molar-refractivity contribution is -0.113. The highest BCUT2D eigenvalue weighted by Gasteiger charge is 2.11. The van der Waals surface area contributed by atoms with E-state index in [4.69, 9.17) is 11.6 Å². The summed E-state index contributed by atoms with van der Waals surface area (Å²) in [5, 5.41) is 18.4. The van der Waals surface area contributed by atoms with Crippen molar-refractivity contribution in [1.29, 1.82) is 0 Å². The normalized spacial score (nSPS) is 10.7. The number of nitrogens with zero attached hydrogens (tertiary/aromatic N) is 5. The van der Waals surface area contributed by atoms with Crippen molar-refractivity contribution in [3.63, 3.8) is 0 Å². The first-order valence-electron chi connectivity index (χ1n) is 9.72. The van der Waals surface area contributed by atoms with E-state index in [1.165, 1.54) is 27.8 Å². The van der Waals surface area contributed by atoms with Crippen LogP contribution in [-0.4, -0.2) is 42.8 Å². The Morgan fingerprint density at radius 2 is 1.85 bits per heavy atom. The fourth-order valence-electron chi connectivity index (χ4n) is 2.80. The van der Waals surface area contributed by atoms with Gasteiger partial charge in [0.25, 0.3) is 5.91 Å². The summed E-state index contributed by atoms with van der Waals surface area (Å²) in [6, 6.07) is 14.3. The van der Waals surface area contributed by atoms with Crippen molar-refractivity contribution in [3.05, 3.63) is 75.8 Å². The summed E-state index contributed by atoms with van der Waals surface area (Å²) in [5.74, 6) is -0.305. The van der Waals surface area contributed by atoms with Gasteiger partial charge in [-0.15, -0.1) is 16.4 Å². The molecule has 0 aliphatic carbocycles. The van der Waals surface area contributed by atoms with Crippen LogP contribution in [0.3, 0.4) is 0 Å². The Bertz CT molecular complexity index is 1260. The molecule has 0 saturated carbocycles. The lowest BCUT2D eigenvalue weighted by Gasteiger charge is -2.06. The number of nitrogens with one attached hydrogen (secondary N) is 2. The number of amides is 2. The topological polar surface area (TPSA) is 115 Å². The summed E-state index contributed by atoms with van der Waals surface area (Å²) in [6.45, 7) is 0. The molecule has 2 N–H and O–H groups in total. The number of hydrogen-bond donors (Lipinski definition) is 2. The van der Waals surface area contributed by atoms with Gasteiger partial charge in [-0.1, -0.05) is 35.5 Å². The fraction of sp³-hybridized carbons (Fsp3) is 0.143. The number of aryl methyl sites for hydroxylation is 1. The first kappa shape index (κ1) is 22.9. The summed E-state index contributed by atoms with van der Waals surface area (Å²) in [4.78, 5) is 30.0. The molecule has 2 aromatic heterocycles. The monoisotopic (exact) mass is 499 g/mol. The van der Waals surface area contributed by atoms with Crippen molar-refractivity contribution in [3.8, 4) is 0 Å². The van der Waals surface area contributed by atoms with Crippen LogP contribution in [0.15, 0.2) is 59.9 Å². The summed E-state index contributed by atoms with van der Waals surface area (Å²) >= 11 is 8.57. The maximum atomic E-state index is 12.5. The maximum absolute atomic E-state index is 12.5. The lowest BCUT2D eigenvalue weighted by Crippen LogP contribution is -2.15. The number of carbonyl (C=O) groups is 2. The van der Waals surface area contributed by atoms with E-state index < -0.39 is 0 Å². The number of halogens is 1. The zero-order valence-electron chi connectivity index (χ0n) is 17.4. The molecule has 0 saturated heterocycles. The van der Waals surface area contributed by atoms with Gasteiger partial charge >= 0.3 is 0 Å². The Labute approximate surface area is 202 Å². The van der Waals surface area contributed by atoms with Crippen LogP contribution in [0.2, 0.25) is 5.02 Å². The fourth-order valence-corrected chi connectivity index (χ4v) is 4.41. The van der Waals surface area contributed by atoms with Crippen LogP contribution in [0.25, 0.3) is 0 Å². The van der Waals surface area contributed by atoms with Crippen molar-refractivity contribution in [2.24, 2.45) is 7.05 Å². The molecule has 0 atom stereocenters. The van der Waals surface area contributed by atoms with Gasteiger partial charge in [-0.2, -0.15) is 0 Å². The van der Waals surface area contributed by atoms with Crippen molar-refractivity contribution < 1.29 is 9.59 Å². The third-order valence-corrected chi connectivity index (χ3v) is 6.59. The smallest absolute Gasteiger partial charge is 0.257 e. The number of benzene rings is 2. The molecule has 4 aromatic rings. The van der Waals surface area contributed by atoms with E-state index in [-0.39, 0.29) is 17.6 Å². The summed E-state index contributed by atoms with van der Waals surface area (Å²) in [5.41, 5.74) is 2.17. The molecule has 0 radical (unpaired) electrons. The van der Waals surface area contributed by atoms with Gasteiger partial charge in [0.1, 0.15) is 0 Å². The minimum absolute atomic E-state index is 0.166. The summed E-state index contributed by atoms with van der Waals surface area (Å²) in [6.07, 6.45) is 2.47. The lowest BCUT2D eigenvalue weighted by atomic mass is 10.1. The second-order valence-corrected chi connectivity index (χ2v) is 9.38. The van der Waals surface area contributed by atoms with Crippen LogP contribution >= 0.6 is 34.7 Å². The van der Waals surface area contributed by atoms with E-state index in [0.29, 0.717) is 33.0 Å². The Morgan fingerprint density at radius 3 is 2.55 bits per heavy atom. The number of rotatable bonds is 8. The molecule has 0 bridgehead atoms. The van der Waals surface area contributed by atoms with Gasteiger partial charge in [0.05, 0.1) is 5.75 Å². The highest BCUT2D eigenvalue weighted by molar-refractivity contribution is 7.99. The standard InChI is InChI=1S/C21H18ClN7O2S2/c1-29-21(26-27-28-29)32-12-18(30)24-16-8-4-14(5-9-16)19(31)25-20-23-11-17(33-20)10-13-2-6-15(22)7-3-13/h2-9,11H,10,12H2,1H3,(H,24,30)(H,23,25,31). The number of thiazole rings is 1. The highest BCUT2D eigenvalue weighted by Crippen LogP contribution is 2.23. The van der Waals surface area contributed by atoms with Crippen LogP contribution in [0, 0.1) is 0 Å². The average molecular weight is 500 g/mol. The van der Waals surface area contributed by atoms with Crippen molar-refractivity contribution >= 4 is 57.3 Å². The van der Waals surface area contributed by atoms with Gasteiger partial charge in [-0.05, 0) is 52.4 Å². The van der Waals surface area contributed by atoms with E-state index in [2.05, 4.69) is 31.1 Å². The summed E-state index contributed by atoms with van der Waals surface area (Å²) in [7, 11) is 1.70. The number of thioether (sulfide) groups is 1. The minimum atomic E-state index is -0.273. The van der Waals surface area contributed by atoms with E-state index in [1.54, 1.807) is 37.5 Å². The quantitative estimate of drug-likeness (QED) is 0.353. The molecule has 12 heteroatoms. The van der Waals surface area contributed by atoms with Crippen molar-refractivity contribution in [1.82, 2.24) is 25.2 Å². The van der Waals surface area contributed by atoms with Gasteiger partial charge in [-0.25, -0.2) is 9.67 Å². The van der Waals surface area contributed by atoms with Gasteiger partial charge < -0.3 is 5.32 Å². The van der Waals surface area contributed by atoms with Crippen LogP contribution < -0.4 is 10.6 Å². The first-order valence-corrected chi connectivity index (χ1v) is 11.9. The third kappa shape index (κ3) is 6.37. The second-order valence-electron chi connectivity index (χ2n) is 6.89. The molecule has 2 amide bonds. The highest BCUT2D eigenvalue weighted by atomic mass is 35.5. The molecule has 33 heavy (non-hydrogen) atoms.